The minimum absolute atomic E-state index is 0.204. The van der Waals surface area contributed by atoms with Gasteiger partial charge in [0.1, 0.15) is 5.82 Å². The Bertz CT molecular complexity index is 554. The molecule has 2 aromatic heterocycles. The molecule has 18 heavy (non-hydrogen) atoms. The number of rotatable bonds is 3. The third-order valence-electron chi connectivity index (χ3n) is 3.30. The van der Waals surface area contributed by atoms with Crippen LogP contribution in [0.3, 0.4) is 0 Å². The Hall–Kier alpha value is -1.66. The fourth-order valence-electron chi connectivity index (χ4n) is 2.26. The number of nitrogens with zero attached hydrogens (tertiary/aromatic N) is 2. The van der Waals surface area contributed by atoms with Gasteiger partial charge in [-0.3, -0.25) is 0 Å². The average molecular weight is 248 g/mol. The van der Waals surface area contributed by atoms with Gasteiger partial charge >= 0.3 is 0 Å². The lowest BCUT2D eigenvalue weighted by Crippen LogP contribution is -2.16. The number of imidazole rings is 1. The van der Waals surface area contributed by atoms with E-state index in [1.165, 1.54) is 0 Å². The van der Waals surface area contributed by atoms with E-state index in [0.717, 1.165) is 24.3 Å². The van der Waals surface area contributed by atoms with Crippen LogP contribution in [0.2, 0.25) is 0 Å². The number of aromatic nitrogens is 3. The quantitative estimate of drug-likeness (QED) is 0.848. The van der Waals surface area contributed by atoms with Gasteiger partial charge in [-0.05, 0) is 12.5 Å². The molecule has 0 saturated carbocycles. The first-order valence-electron chi connectivity index (χ1n) is 5.97. The third-order valence-corrected chi connectivity index (χ3v) is 3.30. The van der Waals surface area contributed by atoms with Crippen molar-refractivity contribution in [3.63, 3.8) is 0 Å². The maximum atomic E-state index is 5.33. The minimum Gasteiger partial charge on any atom is -0.481 e. The van der Waals surface area contributed by atoms with Crippen LogP contribution in [-0.4, -0.2) is 41.8 Å². The van der Waals surface area contributed by atoms with Gasteiger partial charge in [0.15, 0.2) is 5.65 Å². The Labute approximate surface area is 105 Å². The molecule has 1 fully saturated rings. The van der Waals surface area contributed by atoms with Crippen LogP contribution >= 0.6 is 0 Å². The van der Waals surface area contributed by atoms with E-state index in [1.807, 2.05) is 12.1 Å². The molecule has 3 rings (SSSR count). The van der Waals surface area contributed by atoms with Gasteiger partial charge in [0.05, 0.1) is 24.8 Å². The summed E-state index contributed by atoms with van der Waals surface area (Å²) in [7, 11) is 3.34. The van der Waals surface area contributed by atoms with Gasteiger partial charge in [-0.2, -0.15) is 4.98 Å². The lowest BCUT2D eigenvalue weighted by atomic mass is 10.2. The fourth-order valence-corrected chi connectivity index (χ4v) is 2.26. The summed E-state index contributed by atoms with van der Waals surface area (Å²) >= 11 is 0. The number of methoxy groups -OCH3 is 2. The van der Waals surface area contributed by atoms with Gasteiger partial charge in [0.25, 0.3) is 0 Å². The summed E-state index contributed by atoms with van der Waals surface area (Å²) in [5.74, 6) is 1.49. The van der Waals surface area contributed by atoms with Gasteiger partial charge in [-0.25, -0.2) is 4.98 Å². The highest BCUT2D eigenvalue weighted by Crippen LogP contribution is 2.24. The first-order chi connectivity index (χ1) is 8.80. The van der Waals surface area contributed by atoms with Crippen LogP contribution in [0.5, 0.6) is 5.88 Å². The highest BCUT2D eigenvalue weighted by Gasteiger charge is 2.27. The van der Waals surface area contributed by atoms with E-state index >= 15 is 0 Å². The minimum atomic E-state index is 0.204. The van der Waals surface area contributed by atoms with Crippen LogP contribution in [0, 0.1) is 0 Å². The summed E-state index contributed by atoms with van der Waals surface area (Å²) in [6.45, 7) is 0.856. The van der Waals surface area contributed by atoms with Crippen LogP contribution < -0.4 is 10.1 Å². The maximum Gasteiger partial charge on any atom is 0.215 e. The Morgan fingerprint density at radius 2 is 2.17 bits per heavy atom. The van der Waals surface area contributed by atoms with Crippen LogP contribution in [0.1, 0.15) is 18.3 Å². The van der Waals surface area contributed by atoms with Crippen molar-refractivity contribution in [1.29, 1.82) is 0 Å². The molecule has 96 valence electrons. The van der Waals surface area contributed by atoms with Crippen molar-refractivity contribution >= 4 is 11.2 Å². The Morgan fingerprint density at radius 1 is 1.28 bits per heavy atom. The van der Waals surface area contributed by atoms with Crippen molar-refractivity contribution in [3.05, 3.63) is 18.0 Å². The van der Waals surface area contributed by atoms with E-state index in [4.69, 9.17) is 9.47 Å². The normalized spacial score (nSPS) is 23.7. The molecule has 0 aromatic carbocycles. The number of fused-ring (bicyclic) bond motifs is 1. The number of ether oxygens (including phenoxy) is 2. The van der Waals surface area contributed by atoms with Crippen LogP contribution in [-0.2, 0) is 4.74 Å². The predicted molar refractivity (Wildman–Crippen MR) is 66.6 cm³/mol. The molecule has 0 radical (unpaired) electrons. The second kappa shape index (κ2) is 4.55. The standard InChI is InChI=1S/C12H16N4O2/c1-17-7-5-9(13-6-7)12-14-8-3-4-10(18-2)15-11(8)16-12/h3-4,7,9,13H,5-6H2,1-2H3,(H,14,15,16). The molecule has 1 aliphatic heterocycles. The number of hydrogen-bond acceptors (Lipinski definition) is 5. The molecule has 6 heteroatoms. The summed E-state index contributed by atoms with van der Waals surface area (Å²) in [4.78, 5) is 12.1. The molecule has 1 saturated heterocycles. The zero-order chi connectivity index (χ0) is 12.5. The van der Waals surface area contributed by atoms with Gasteiger partial charge in [0.2, 0.25) is 5.88 Å². The van der Waals surface area contributed by atoms with E-state index in [0.29, 0.717) is 11.5 Å². The van der Waals surface area contributed by atoms with Gasteiger partial charge < -0.3 is 19.8 Å². The fraction of sp³-hybridized carbons (Fsp3) is 0.500. The summed E-state index contributed by atoms with van der Waals surface area (Å²) < 4.78 is 10.4. The molecule has 0 amide bonds. The van der Waals surface area contributed by atoms with Gasteiger partial charge in [-0.1, -0.05) is 0 Å². The highest BCUT2D eigenvalue weighted by molar-refractivity contribution is 5.71. The predicted octanol–water partition coefficient (Wildman–Crippen LogP) is 1.02. The van der Waals surface area contributed by atoms with E-state index in [1.54, 1.807) is 14.2 Å². The topological polar surface area (TPSA) is 72.1 Å². The van der Waals surface area contributed by atoms with E-state index in [2.05, 4.69) is 20.3 Å². The molecule has 1 aliphatic rings. The Balaban J connectivity index is 1.89. The zero-order valence-corrected chi connectivity index (χ0v) is 10.4. The van der Waals surface area contributed by atoms with Crippen LogP contribution in [0.4, 0.5) is 0 Å². The lowest BCUT2D eigenvalue weighted by molar-refractivity contribution is 0.117. The first kappa shape index (κ1) is 11.4. The van der Waals surface area contributed by atoms with Gasteiger partial charge in [-0.15, -0.1) is 0 Å². The molecule has 3 heterocycles. The highest BCUT2D eigenvalue weighted by atomic mass is 16.5. The molecule has 2 N–H and O–H groups in total. The van der Waals surface area contributed by atoms with E-state index < -0.39 is 0 Å². The largest absolute Gasteiger partial charge is 0.481 e. The number of hydrogen-bond donors (Lipinski definition) is 2. The number of pyridine rings is 1. The summed E-state index contributed by atoms with van der Waals surface area (Å²) in [5.41, 5.74) is 1.61. The summed E-state index contributed by atoms with van der Waals surface area (Å²) in [6, 6.07) is 3.96. The molecule has 2 unspecified atom stereocenters. The molecule has 0 aliphatic carbocycles. The smallest absolute Gasteiger partial charge is 0.215 e. The van der Waals surface area contributed by atoms with E-state index in [-0.39, 0.29) is 12.1 Å². The number of aromatic amines is 1. The van der Waals surface area contributed by atoms with Crippen molar-refractivity contribution in [3.8, 4) is 5.88 Å². The second-order valence-electron chi connectivity index (χ2n) is 4.40. The molecule has 2 atom stereocenters. The van der Waals surface area contributed by atoms with Gasteiger partial charge in [0, 0.05) is 19.7 Å². The molecular formula is C12H16N4O2. The second-order valence-corrected chi connectivity index (χ2v) is 4.40. The SMILES string of the molecule is COc1ccc2[nH]c(C3CC(OC)CN3)nc2n1. The lowest BCUT2D eigenvalue weighted by Gasteiger charge is -2.05. The molecular weight excluding hydrogens is 232 g/mol. The third kappa shape index (κ3) is 1.93. The Morgan fingerprint density at radius 3 is 2.89 bits per heavy atom. The van der Waals surface area contributed by atoms with E-state index in [9.17, 15) is 0 Å². The van der Waals surface area contributed by atoms with Crippen molar-refractivity contribution in [2.45, 2.75) is 18.6 Å². The molecule has 6 nitrogen and oxygen atoms in total. The first-order valence-corrected chi connectivity index (χ1v) is 5.97. The average Bonchev–Trinajstić information content (AvgIpc) is 3.03. The van der Waals surface area contributed by atoms with Crippen molar-refractivity contribution in [2.75, 3.05) is 20.8 Å². The summed E-state index contributed by atoms with van der Waals surface area (Å²) in [5, 5.41) is 3.39. The van der Waals surface area contributed by atoms with Crippen LogP contribution in [0.25, 0.3) is 11.2 Å². The zero-order valence-electron chi connectivity index (χ0n) is 10.4. The monoisotopic (exact) mass is 248 g/mol. The van der Waals surface area contributed by atoms with Crippen molar-refractivity contribution in [1.82, 2.24) is 20.3 Å². The maximum absolute atomic E-state index is 5.33. The number of H-pyrrole nitrogens is 1. The molecule has 2 aromatic rings. The van der Waals surface area contributed by atoms with Crippen LogP contribution in [0.15, 0.2) is 12.1 Å². The molecule has 0 spiro atoms. The summed E-state index contributed by atoms with van der Waals surface area (Å²) in [6.07, 6.45) is 1.18. The number of nitrogens with one attached hydrogen (secondary N) is 2. The Kier molecular flexibility index (Phi) is 2.89. The van der Waals surface area contributed by atoms with Crippen molar-refractivity contribution < 1.29 is 9.47 Å². The van der Waals surface area contributed by atoms with Crippen molar-refractivity contribution in [2.24, 2.45) is 0 Å². The molecule has 0 bridgehead atoms.